The van der Waals surface area contributed by atoms with Gasteiger partial charge in [0, 0.05) is 19.6 Å². The summed E-state index contributed by atoms with van der Waals surface area (Å²) in [5.74, 6) is 0.872. The Hall–Kier alpha value is -2.54. The van der Waals surface area contributed by atoms with Gasteiger partial charge in [-0.2, -0.15) is 5.10 Å². The summed E-state index contributed by atoms with van der Waals surface area (Å²) in [5, 5.41) is 4.16. The molecule has 0 amide bonds. The summed E-state index contributed by atoms with van der Waals surface area (Å²) in [4.78, 5) is 11.0. The minimum Gasteiger partial charge on any atom is -0.328 e. The maximum atomic E-state index is 13.1. The largest absolute Gasteiger partial charge is 0.328 e. The maximum absolute atomic E-state index is 13.1. The molecule has 3 heterocycles. The molecule has 24 heavy (non-hydrogen) atoms. The fourth-order valence-corrected chi connectivity index (χ4v) is 3.25. The molecule has 4 rings (SSSR count). The lowest BCUT2D eigenvalue weighted by Crippen LogP contribution is -2.37. The van der Waals surface area contributed by atoms with Crippen LogP contribution in [0.25, 0.3) is 0 Å². The molecule has 6 nitrogen and oxygen atoms in total. The second kappa shape index (κ2) is 6.16. The van der Waals surface area contributed by atoms with E-state index in [9.17, 15) is 4.39 Å². The van der Waals surface area contributed by atoms with Crippen molar-refractivity contribution in [2.24, 2.45) is 0 Å². The minimum atomic E-state index is -0.196. The summed E-state index contributed by atoms with van der Waals surface area (Å²) >= 11 is 0. The number of fused-ring (bicyclic) bond motifs is 1. The molecule has 1 unspecified atom stereocenters. The van der Waals surface area contributed by atoms with Gasteiger partial charge in [0.05, 0.1) is 24.5 Å². The summed E-state index contributed by atoms with van der Waals surface area (Å²) in [5.41, 5.74) is 2.26. The zero-order valence-electron chi connectivity index (χ0n) is 13.5. The van der Waals surface area contributed by atoms with Gasteiger partial charge >= 0.3 is 0 Å². The molecule has 0 spiro atoms. The van der Waals surface area contributed by atoms with Crippen LogP contribution in [-0.2, 0) is 19.6 Å². The Morgan fingerprint density at radius 2 is 2.00 bits per heavy atom. The fraction of sp³-hybridized carbons (Fsp3) is 0.353. The standard InChI is InChI=1S/C17H19FN6/c1-13-17-20-8-16(10-23-12-19-11-21-23)24(17)7-6-22(13)9-14-2-4-15(18)5-3-14/h2-5,8,11-13H,6-7,9-10H2,1H3. The Morgan fingerprint density at radius 1 is 1.17 bits per heavy atom. The molecule has 1 aliphatic heterocycles. The first-order chi connectivity index (χ1) is 11.7. The van der Waals surface area contributed by atoms with Gasteiger partial charge in [-0.15, -0.1) is 0 Å². The van der Waals surface area contributed by atoms with E-state index in [1.807, 2.05) is 18.3 Å². The summed E-state index contributed by atoms with van der Waals surface area (Å²) in [6, 6.07) is 6.94. The van der Waals surface area contributed by atoms with E-state index < -0.39 is 0 Å². The molecule has 0 fully saturated rings. The SMILES string of the molecule is CC1c2ncc(Cn3cncn3)n2CCN1Cc1ccc(F)cc1. The maximum Gasteiger partial charge on any atom is 0.137 e. The third-order valence-corrected chi connectivity index (χ3v) is 4.59. The van der Waals surface area contributed by atoms with Gasteiger partial charge in [-0.25, -0.2) is 19.0 Å². The van der Waals surface area contributed by atoms with Crippen molar-refractivity contribution in [1.82, 2.24) is 29.2 Å². The van der Waals surface area contributed by atoms with Crippen LogP contribution in [0.5, 0.6) is 0 Å². The lowest BCUT2D eigenvalue weighted by atomic mass is 10.1. The monoisotopic (exact) mass is 326 g/mol. The Labute approximate surface area is 139 Å². The van der Waals surface area contributed by atoms with Gasteiger partial charge in [-0.1, -0.05) is 12.1 Å². The Kier molecular flexibility index (Phi) is 3.86. The van der Waals surface area contributed by atoms with Crippen LogP contribution < -0.4 is 0 Å². The van der Waals surface area contributed by atoms with E-state index in [2.05, 4.69) is 31.5 Å². The average molecular weight is 326 g/mol. The predicted molar refractivity (Wildman–Crippen MR) is 86.6 cm³/mol. The Bertz CT molecular complexity index is 808. The highest BCUT2D eigenvalue weighted by Gasteiger charge is 2.27. The number of hydrogen-bond acceptors (Lipinski definition) is 4. The molecule has 1 aromatic carbocycles. The van der Waals surface area contributed by atoms with E-state index in [4.69, 9.17) is 0 Å². The van der Waals surface area contributed by atoms with Gasteiger partial charge < -0.3 is 4.57 Å². The number of nitrogens with zero attached hydrogens (tertiary/aromatic N) is 6. The van der Waals surface area contributed by atoms with Crippen molar-refractivity contribution in [3.8, 4) is 0 Å². The smallest absolute Gasteiger partial charge is 0.137 e. The van der Waals surface area contributed by atoms with Gasteiger partial charge in [0.1, 0.15) is 24.3 Å². The third kappa shape index (κ3) is 2.82. The molecule has 1 aliphatic rings. The summed E-state index contributed by atoms with van der Waals surface area (Å²) < 4.78 is 17.1. The number of aromatic nitrogens is 5. The van der Waals surface area contributed by atoms with Crippen LogP contribution in [0, 0.1) is 5.82 Å². The van der Waals surface area contributed by atoms with Crippen LogP contribution in [0.1, 0.15) is 30.0 Å². The first-order valence-corrected chi connectivity index (χ1v) is 8.06. The van der Waals surface area contributed by atoms with Crippen LogP contribution in [0.2, 0.25) is 0 Å². The molecule has 2 aromatic heterocycles. The lowest BCUT2D eigenvalue weighted by Gasteiger charge is -2.34. The summed E-state index contributed by atoms with van der Waals surface area (Å²) in [7, 11) is 0. The van der Waals surface area contributed by atoms with Crippen molar-refractivity contribution in [2.45, 2.75) is 32.6 Å². The molecule has 0 N–H and O–H groups in total. The van der Waals surface area contributed by atoms with Crippen molar-refractivity contribution in [1.29, 1.82) is 0 Å². The normalized spacial score (nSPS) is 17.8. The molecule has 0 radical (unpaired) electrons. The van der Waals surface area contributed by atoms with Gasteiger partial charge in [-0.3, -0.25) is 4.90 Å². The highest BCUT2D eigenvalue weighted by atomic mass is 19.1. The fourth-order valence-electron chi connectivity index (χ4n) is 3.25. The van der Waals surface area contributed by atoms with Crippen molar-refractivity contribution < 1.29 is 4.39 Å². The van der Waals surface area contributed by atoms with Crippen molar-refractivity contribution in [3.63, 3.8) is 0 Å². The molecule has 0 bridgehead atoms. The van der Waals surface area contributed by atoms with Gasteiger partial charge in [-0.05, 0) is 24.6 Å². The van der Waals surface area contributed by atoms with Gasteiger partial charge in [0.25, 0.3) is 0 Å². The molecule has 1 atom stereocenters. The van der Waals surface area contributed by atoms with Crippen LogP contribution in [-0.4, -0.2) is 35.8 Å². The Balaban J connectivity index is 1.51. The zero-order chi connectivity index (χ0) is 16.5. The van der Waals surface area contributed by atoms with Crippen molar-refractivity contribution >= 4 is 0 Å². The number of imidazole rings is 1. The molecule has 7 heteroatoms. The van der Waals surface area contributed by atoms with Crippen molar-refractivity contribution in [2.75, 3.05) is 6.54 Å². The molecule has 0 saturated heterocycles. The van der Waals surface area contributed by atoms with Crippen molar-refractivity contribution in [3.05, 3.63) is 66.0 Å². The first-order valence-electron chi connectivity index (χ1n) is 8.06. The second-order valence-electron chi connectivity index (χ2n) is 6.13. The number of benzene rings is 1. The third-order valence-electron chi connectivity index (χ3n) is 4.59. The molecule has 124 valence electrons. The second-order valence-corrected chi connectivity index (χ2v) is 6.13. The first kappa shape index (κ1) is 15.0. The predicted octanol–water partition coefficient (Wildman–Crippen LogP) is 2.24. The topological polar surface area (TPSA) is 51.8 Å². The van der Waals surface area contributed by atoms with Crippen LogP contribution in [0.15, 0.2) is 43.1 Å². The number of rotatable bonds is 4. The Morgan fingerprint density at radius 3 is 2.75 bits per heavy atom. The zero-order valence-corrected chi connectivity index (χ0v) is 13.5. The number of hydrogen-bond donors (Lipinski definition) is 0. The summed E-state index contributed by atoms with van der Waals surface area (Å²) in [6.45, 7) is 5.47. The quantitative estimate of drug-likeness (QED) is 0.738. The van der Waals surface area contributed by atoms with Crippen LogP contribution in [0.3, 0.4) is 0 Å². The highest BCUT2D eigenvalue weighted by molar-refractivity contribution is 5.17. The van der Waals surface area contributed by atoms with Crippen LogP contribution >= 0.6 is 0 Å². The van der Waals surface area contributed by atoms with E-state index in [0.717, 1.165) is 36.7 Å². The lowest BCUT2D eigenvalue weighted by molar-refractivity contribution is 0.155. The average Bonchev–Trinajstić information content (AvgIpc) is 3.23. The van der Waals surface area contributed by atoms with Gasteiger partial charge in [0.15, 0.2) is 0 Å². The number of halogens is 1. The van der Waals surface area contributed by atoms with Crippen LogP contribution in [0.4, 0.5) is 4.39 Å². The van der Waals surface area contributed by atoms with Gasteiger partial charge in [0.2, 0.25) is 0 Å². The molecular formula is C17H19FN6. The van der Waals surface area contributed by atoms with E-state index in [1.165, 1.54) is 12.1 Å². The summed E-state index contributed by atoms with van der Waals surface area (Å²) in [6.07, 6.45) is 5.18. The molecule has 3 aromatic rings. The van der Waals surface area contributed by atoms with E-state index >= 15 is 0 Å². The molecule has 0 saturated carbocycles. The molecule has 0 aliphatic carbocycles. The van der Waals surface area contributed by atoms with E-state index in [-0.39, 0.29) is 11.9 Å². The molecular weight excluding hydrogens is 307 g/mol. The van der Waals surface area contributed by atoms with E-state index in [1.54, 1.807) is 17.3 Å². The highest BCUT2D eigenvalue weighted by Crippen LogP contribution is 2.27. The minimum absolute atomic E-state index is 0.196. The van der Waals surface area contributed by atoms with E-state index in [0.29, 0.717) is 6.54 Å².